The molecule has 34 heavy (non-hydrogen) atoms. The van der Waals surface area contributed by atoms with Crippen molar-refractivity contribution in [2.24, 2.45) is 5.92 Å². The first-order chi connectivity index (χ1) is 16.7. The number of benzene rings is 2. The summed E-state index contributed by atoms with van der Waals surface area (Å²) in [4.78, 5) is 5.07. The van der Waals surface area contributed by atoms with E-state index in [1.54, 1.807) is 5.57 Å². The first-order valence-corrected chi connectivity index (χ1v) is 13.9. The summed E-state index contributed by atoms with van der Waals surface area (Å²) >= 11 is 0. The number of unbranched alkanes of at least 4 members (excludes halogenated alkanes) is 1. The number of hydrogen-bond acceptors (Lipinski definition) is 2. The van der Waals surface area contributed by atoms with Gasteiger partial charge < -0.3 is 9.80 Å². The maximum atomic E-state index is 2.66. The Morgan fingerprint density at radius 1 is 0.971 bits per heavy atom. The molecular weight excluding hydrogens is 412 g/mol. The number of hydrogen-bond donors (Lipinski definition) is 0. The smallest absolute Gasteiger partial charge is 0.0485 e. The lowest BCUT2D eigenvalue weighted by Gasteiger charge is -2.40. The predicted octanol–water partition coefficient (Wildman–Crippen LogP) is 8.38. The van der Waals surface area contributed by atoms with Gasteiger partial charge in [-0.2, -0.15) is 0 Å². The van der Waals surface area contributed by atoms with Crippen molar-refractivity contribution in [2.75, 3.05) is 25.0 Å². The van der Waals surface area contributed by atoms with Gasteiger partial charge in [-0.05, 0) is 85.3 Å². The molecule has 3 aliphatic rings. The van der Waals surface area contributed by atoms with Crippen LogP contribution in [0.2, 0.25) is 0 Å². The Morgan fingerprint density at radius 2 is 1.74 bits per heavy atom. The highest BCUT2D eigenvalue weighted by Gasteiger charge is 2.30. The second-order valence-corrected chi connectivity index (χ2v) is 10.6. The highest BCUT2D eigenvalue weighted by atomic mass is 15.2. The molecule has 2 nitrogen and oxygen atoms in total. The van der Waals surface area contributed by atoms with E-state index in [9.17, 15) is 0 Å². The highest BCUT2D eigenvalue weighted by Crippen LogP contribution is 2.46. The van der Waals surface area contributed by atoms with Crippen molar-refractivity contribution < 1.29 is 0 Å². The molecule has 1 aliphatic heterocycles. The molecule has 0 bridgehead atoms. The van der Waals surface area contributed by atoms with Gasteiger partial charge in [-0.3, -0.25) is 0 Å². The van der Waals surface area contributed by atoms with Crippen molar-refractivity contribution >= 4 is 22.7 Å². The molecule has 5 rings (SSSR count). The molecular formula is C32H42N2. The van der Waals surface area contributed by atoms with Crippen LogP contribution in [0.15, 0.2) is 48.5 Å². The Labute approximate surface area is 207 Å². The molecule has 2 heteroatoms. The quantitative estimate of drug-likeness (QED) is 0.356. The molecule has 1 saturated carbocycles. The van der Waals surface area contributed by atoms with Crippen molar-refractivity contribution in [2.45, 2.75) is 78.1 Å². The van der Waals surface area contributed by atoms with E-state index < -0.39 is 0 Å². The lowest BCUT2D eigenvalue weighted by Crippen LogP contribution is -2.32. The minimum absolute atomic E-state index is 0.999. The molecule has 0 unspecified atom stereocenters. The fourth-order valence-corrected chi connectivity index (χ4v) is 5.75. The summed E-state index contributed by atoms with van der Waals surface area (Å²) in [5.74, 6) is 0.999. The Hall–Kier alpha value is -2.48. The van der Waals surface area contributed by atoms with Crippen LogP contribution in [-0.4, -0.2) is 25.0 Å². The molecule has 0 N–H and O–H groups in total. The molecule has 2 aliphatic carbocycles. The first kappa shape index (κ1) is 23.3. The number of anilines is 1. The predicted molar refractivity (Wildman–Crippen MR) is 148 cm³/mol. The third-order valence-corrected chi connectivity index (χ3v) is 8.06. The Bertz CT molecular complexity index is 1050. The maximum Gasteiger partial charge on any atom is 0.0485 e. The van der Waals surface area contributed by atoms with Crippen LogP contribution >= 0.6 is 0 Å². The molecule has 0 atom stereocenters. The molecule has 180 valence electrons. The molecule has 0 amide bonds. The average Bonchev–Trinajstić information content (AvgIpc) is 3.70. The monoisotopic (exact) mass is 454 g/mol. The van der Waals surface area contributed by atoms with Gasteiger partial charge in [0.2, 0.25) is 0 Å². The average molecular weight is 455 g/mol. The molecule has 2 fully saturated rings. The second kappa shape index (κ2) is 10.4. The van der Waals surface area contributed by atoms with E-state index in [0.29, 0.717) is 0 Å². The number of nitrogens with zero attached hydrogens (tertiary/aromatic N) is 2. The van der Waals surface area contributed by atoms with Crippen molar-refractivity contribution in [3.8, 4) is 0 Å². The van der Waals surface area contributed by atoms with Crippen LogP contribution in [-0.2, 0) is 6.42 Å². The second-order valence-electron chi connectivity index (χ2n) is 10.6. The summed E-state index contributed by atoms with van der Waals surface area (Å²) in [5.41, 5.74) is 11.5. The van der Waals surface area contributed by atoms with Gasteiger partial charge >= 0.3 is 0 Å². The zero-order chi connectivity index (χ0) is 23.5. The van der Waals surface area contributed by atoms with E-state index in [-0.39, 0.29) is 0 Å². The van der Waals surface area contributed by atoms with Crippen LogP contribution in [0.4, 0.5) is 5.69 Å². The number of aryl methyl sites for hydroxylation is 1. The van der Waals surface area contributed by atoms with Crippen LogP contribution in [0.3, 0.4) is 0 Å². The molecule has 1 heterocycles. The van der Waals surface area contributed by atoms with Crippen LogP contribution < -0.4 is 4.90 Å². The minimum atomic E-state index is 0.999. The summed E-state index contributed by atoms with van der Waals surface area (Å²) in [6.07, 6.45) is 15.3. The van der Waals surface area contributed by atoms with Crippen molar-refractivity contribution in [3.63, 3.8) is 0 Å². The number of rotatable bonds is 10. The van der Waals surface area contributed by atoms with E-state index in [1.807, 2.05) is 0 Å². The Balaban J connectivity index is 1.38. The number of allylic oxidation sites excluding steroid dienone is 2. The largest absolute Gasteiger partial charge is 0.371 e. The molecule has 1 saturated heterocycles. The topological polar surface area (TPSA) is 6.48 Å². The zero-order valence-corrected chi connectivity index (χ0v) is 21.6. The third kappa shape index (κ3) is 4.83. The van der Waals surface area contributed by atoms with Crippen LogP contribution in [0, 0.1) is 5.92 Å². The van der Waals surface area contributed by atoms with Gasteiger partial charge in [-0.1, -0.05) is 69.5 Å². The Morgan fingerprint density at radius 3 is 2.41 bits per heavy atom. The van der Waals surface area contributed by atoms with Gasteiger partial charge in [0, 0.05) is 42.8 Å². The van der Waals surface area contributed by atoms with E-state index in [0.717, 1.165) is 18.8 Å². The van der Waals surface area contributed by atoms with E-state index in [1.165, 1.54) is 104 Å². The fraction of sp³-hybridized carbons (Fsp3) is 0.500. The number of likely N-dealkylation sites (tertiary alicyclic amines) is 1. The van der Waals surface area contributed by atoms with E-state index >= 15 is 0 Å². The SMILES string of the molecule is CCC/C=C(\c1ccc(CCC2CC2)cc1)N(C)c1ccc2c(c1)C(N1CCCCC1)=C2CC. The van der Waals surface area contributed by atoms with Crippen molar-refractivity contribution in [1.29, 1.82) is 0 Å². The lowest BCUT2D eigenvalue weighted by molar-refractivity contribution is 0.324. The molecule has 0 aromatic heterocycles. The molecule has 0 radical (unpaired) electrons. The minimum Gasteiger partial charge on any atom is -0.371 e. The van der Waals surface area contributed by atoms with E-state index in [4.69, 9.17) is 0 Å². The first-order valence-electron chi connectivity index (χ1n) is 13.9. The van der Waals surface area contributed by atoms with Crippen LogP contribution in [0.25, 0.3) is 17.0 Å². The summed E-state index contributed by atoms with van der Waals surface area (Å²) in [6, 6.07) is 16.5. The van der Waals surface area contributed by atoms with Gasteiger partial charge in [0.1, 0.15) is 0 Å². The van der Waals surface area contributed by atoms with Crippen molar-refractivity contribution in [3.05, 3.63) is 70.8 Å². The van der Waals surface area contributed by atoms with Gasteiger partial charge in [-0.25, -0.2) is 0 Å². The molecule has 0 spiro atoms. The normalized spacial score (nSPS) is 18.1. The van der Waals surface area contributed by atoms with Crippen LogP contribution in [0.1, 0.15) is 93.9 Å². The van der Waals surface area contributed by atoms with Gasteiger partial charge in [0.25, 0.3) is 0 Å². The lowest BCUT2D eigenvalue weighted by atomic mass is 9.81. The van der Waals surface area contributed by atoms with Crippen molar-refractivity contribution in [1.82, 2.24) is 4.90 Å². The Kier molecular flexibility index (Phi) is 7.13. The summed E-state index contributed by atoms with van der Waals surface area (Å²) in [7, 11) is 2.24. The summed E-state index contributed by atoms with van der Waals surface area (Å²) < 4.78 is 0. The fourth-order valence-electron chi connectivity index (χ4n) is 5.75. The molecule has 2 aromatic carbocycles. The third-order valence-electron chi connectivity index (χ3n) is 8.06. The van der Waals surface area contributed by atoms with Gasteiger partial charge in [-0.15, -0.1) is 0 Å². The summed E-state index contributed by atoms with van der Waals surface area (Å²) in [6.45, 7) is 7.00. The van der Waals surface area contributed by atoms with Gasteiger partial charge in [0.05, 0.1) is 0 Å². The number of fused-ring (bicyclic) bond motifs is 1. The van der Waals surface area contributed by atoms with E-state index in [2.05, 4.69) is 79.2 Å². The zero-order valence-electron chi connectivity index (χ0n) is 21.6. The highest BCUT2D eigenvalue weighted by molar-refractivity contribution is 6.04. The van der Waals surface area contributed by atoms with Gasteiger partial charge in [0.15, 0.2) is 0 Å². The number of piperidine rings is 1. The van der Waals surface area contributed by atoms with Crippen LogP contribution in [0.5, 0.6) is 0 Å². The molecule has 2 aromatic rings. The summed E-state index contributed by atoms with van der Waals surface area (Å²) in [5, 5.41) is 0. The standard InChI is InChI=1S/C32H42N2/c1-4-6-10-31(26-17-15-25(16-18-26)14-13-24-11-12-24)33(3)27-19-20-29-28(5-2)32(30(29)23-27)34-21-8-7-9-22-34/h10,15-20,23-24H,4-9,11-14,21-22H2,1-3H3/b31-10+. The maximum absolute atomic E-state index is 2.66.